The van der Waals surface area contributed by atoms with E-state index in [9.17, 15) is 27.9 Å². The lowest BCUT2D eigenvalue weighted by Crippen LogP contribution is -2.42. The summed E-state index contributed by atoms with van der Waals surface area (Å²) in [5, 5.41) is 9.22. The Bertz CT molecular complexity index is 645. The van der Waals surface area contributed by atoms with Crippen LogP contribution >= 0.6 is 0 Å². The van der Waals surface area contributed by atoms with Gasteiger partial charge in [-0.05, 0) is 43.0 Å². The molecule has 24 heavy (non-hydrogen) atoms. The molecule has 2 atom stereocenters. The van der Waals surface area contributed by atoms with Gasteiger partial charge in [-0.2, -0.15) is 13.2 Å². The maximum atomic E-state index is 12.8. The number of halogens is 3. The molecular weight excluding hydrogens is 327 g/mol. The third-order valence-corrected chi connectivity index (χ3v) is 4.32. The van der Waals surface area contributed by atoms with Gasteiger partial charge in [0.15, 0.2) is 0 Å². The number of methoxy groups -OCH3 is 1. The molecule has 0 aliphatic carbocycles. The van der Waals surface area contributed by atoms with Crippen molar-refractivity contribution in [2.75, 3.05) is 13.7 Å². The van der Waals surface area contributed by atoms with Crippen LogP contribution in [0.5, 0.6) is 0 Å². The molecule has 0 saturated carbocycles. The molecule has 0 spiro atoms. The lowest BCUT2D eigenvalue weighted by Gasteiger charge is -2.38. The minimum absolute atomic E-state index is 0.136. The average molecular weight is 345 g/mol. The van der Waals surface area contributed by atoms with E-state index in [0.29, 0.717) is 11.1 Å². The van der Waals surface area contributed by atoms with Crippen LogP contribution < -0.4 is 0 Å². The summed E-state index contributed by atoms with van der Waals surface area (Å²) in [5.74, 6) is -1.63. The first kappa shape index (κ1) is 18.1. The highest BCUT2D eigenvalue weighted by molar-refractivity contribution is 5.72. The van der Waals surface area contributed by atoms with Gasteiger partial charge in [0, 0.05) is 6.54 Å². The largest absolute Gasteiger partial charge is 0.481 e. The fraction of sp³-hybridized carbons (Fsp3) is 0.500. The number of alkyl halides is 3. The highest BCUT2D eigenvalue weighted by Gasteiger charge is 2.37. The van der Waals surface area contributed by atoms with E-state index in [2.05, 4.69) is 0 Å². The van der Waals surface area contributed by atoms with Gasteiger partial charge >= 0.3 is 18.2 Å². The number of hydrogen-bond donors (Lipinski definition) is 1. The topological polar surface area (TPSA) is 66.8 Å². The van der Waals surface area contributed by atoms with Gasteiger partial charge in [-0.25, -0.2) is 4.79 Å². The van der Waals surface area contributed by atoms with Gasteiger partial charge in [0.05, 0.1) is 24.6 Å². The number of aryl methyl sites for hydroxylation is 1. The summed E-state index contributed by atoms with van der Waals surface area (Å²) in [5.41, 5.74) is 0.0769. The molecule has 8 heteroatoms. The Balaban J connectivity index is 2.40. The molecule has 1 saturated heterocycles. The van der Waals surface area contributed by atoms with Gasteiger partial charge in [-0.1, -0.05) is 6.07 Å². The third-order valence-electron chi connectivity index (χ3n) is 4.32. The predicted octanol–water partition coefficient (Wildman–Crippen LogP) is 3.62. The van der Waals surface area contributed by atoms with Gasteiger partial charge < -0.3 is 14.7 Å². The number of likely N-dealkylation sites (tertiary alicyclic amines) is 1. The fourth-order valence-corrected chi connectivity index (χ4v) is 3.05. The maximum absolute atomic E-state index is 12.8. The second-order valence-corrected chi connectivity index (χ2v) is 5.81. The van der Waals surface area contributed by atoms with Gasteiger partial charge in [-0.3, -0.25) is 4.79 Å². The van der Waals surface area contributed by atoms with Crippen molar-refractivity contribution < 1.29 is 32.6 Å². The molecule has 132 valence electrons. The van der Waals surface area contributed by atoms with Crippen LogP contribution in [-0.2, 0) is 15.7 Å². The summed E-state index contributed by atoms with van der Waals surface area (Å²) >= 11 is 0. The Kier molecular flexibility index (Phi) is 5.05. The lowest BCUT2D eigenvalue weighted by molar-refractivity contribution is -0.144. The summed E-state index contributed by atoms with van der Waals surface area (Å²) in [6, 6.07) is 2.63. The summed E-state index contributed by atoms with van der Waals surface area (Å²) in [6.07, 6.45) is -4.67. The van der Waals surface area contributed by atoms with Crippen molar-refractivity contribution in [3.8, 4) is 0 Å². The highest BCUT2D eigenvalue weighted by Crippen LogP contribution is 2.38. The van der Waals surface area contributed by atoms with Crippen LogP contribution in [-0.4, -0.2) is 35.7 Å². The number of nitrogens with zero attached hydrogens (tertiary/aromatic N) is 1. The predicted molar refractivity (Wildman–Crippen MR) is 78.4 cm³/mol. The number of amides is 1. The SMILES string of the molecule is COC(=O)N1CCC(C(=O)O)CC1c1ccc(C(F)(F)F)cc1C. The molecule has 0 radical (unpaired) electrons. The van der Waals surface area contributed by atoms with Crippen molar-refractivity contribution in [1.82, 2.24) is 4.90 Å². The van der Waals surface area contributed by atoms with Crippen LogP contribution in [0, 0.1) is 12.8 Å². The van der Waals surface area contributed by atoms with Gasteiger partial charge in [0.1, 0.15) is 0 Å². The summed E-state index contributed by atoms with van der Waals surface area (Å²) in [6.45, 7) is 1.69. The Morgan fingerprint density at radius 3 is 2.50 bits per heavy atom. The van der Waals surface area contributed by atoms with E-state index in [1.165, 1.54) is 25.0 Å². The molecule has 0 aromatic heterocycles. The maximum Gasteiger partial charge on any atom is 0.416 e. The number of carboxylic acids is 1. The van der Waals surface area contributed by atoms with E-state index in [1.54, 1.807) is 0 Å². The number of hydrogen-bond acceptors (Lipinski definition) is 3. The van der Waals surface area contributed by atoms with E-state index in [-0.39, 0.29) is 19.4 Å². The van der Waals surface area contributed by atoms with Crippen molar-refractivity contribution in [1.29, 1.82) is 0 Å². The lowest BCUT2D eigenvalue weighted by atomic mass is 9.85. The Hall–Kier alpha value is -2.25. The summed E-state index contributed by atoms with van der Waals surface area (Å²) in [4.78, 5) is 24.6. The van der Waals surface area contributed by atoms with Gasteiger partial charge in [-0.15, -0.1) is 0 Å². The summed E-state index contributed by atoms with van der Waals surface area (Å²) < 4.78 is 43.1. The van der Waals surface area contributed by atoms with Crippen LogP contribution in [0.2, 0.25) is 0 Å². The van der Waals surface area contributed by atoms with Crippen molar-refractivity contribution in [3.05, 3.63) is 34.9 Å². The number of carbonyl (C=O) groups excluding carboxylic acids is 1. The number of aliphatic carboxylic acids is 1. The van der Waals surface area contributed by atoms with Crippen LogP contribution in [0.3, 0.4) is 0 Å². The van der Waals surface area contributed by atoms with E-state index >= 15 is 0 Å². The van der Waals surface area contributed by atoms with Crippen LogP contribution in [0.25, 0.3) is 0 Å². The van der Waals surface area contributed by atoms with E-state index in [4.69, 9.17) is 4.74 Å². The Morgan fingerprint density at radius 1 is 1.33 bits per heavy atom. The number of piperidine rings is 1. The smallest absolute Gasteiger partial charge is 0.416 e. The fourth-order valence-electron chi connectivity index (χ4n) is 3.05. The molecule has 1 aromatic rings. The molecule has 2 rings (SSSR count). The first-order chi connectivity index (χ1) is 11.1. The van der Waals surface area contributed by atoms with Crippen LogP contribution in [0.4, 0.5) is 18.0 Å². The zero-order valence-corrected chi connectivity index (χ0v) is 13.3. The van der Waals surface area contributed by atoms with E-state index in [0.717, 1.165) is 12.1 Å². The second-order valence-electron chi connectivity index (χ2n) is 5.81. The molecule has 1 aromatic carbocycles. The molecule has 1 fully saturated rings. The monoisotopic (exact) mass is 345 g/mol. The van der Waals surface area contributed by atoms with Crippen molar-refractivity contribution in [3.63, 3.8) is 0 Å². The first-order valence-corrected chi connectivity index (χ1v) is 7.40. The molecular formula is C16H18F3NO4. The quantitative estimate of drug-likeness (QED) is 0.889. The normalized spacial score (nSPS) is 21.5. The average Bonchev–Trinajstić information content (AvgIpc) is 2.52. The minimum atomic E-state index is -4.46. The molecule has 2 unspecified atom stereocenters. The minimum Gasteiger partial charge on any atom is -0.481 e. The Morgan fingerprint density at radius 2 is 2.00 bits per heavy atom. The number of carbonyl (C=O) groups is 2. The molecule has 1 N–H and O–H groups in total. The van der Waals surface area contributed by atoms with Crippen molar-refractivity contribution >= 4 is 12.1 Å². The van der Waals surface area contributed by atoms with Crippen LogP contribution in [0.1, 0.15) is 35.6 Å². The van der Waals surface area contributed by atoms with E-state index in [1.807, 2.05) is 0 Å². The molecule has 0 bridgehead atoms. The van der Waals surface area contributed by atoms with Gasteiger partial charge in [0.2, 0.25) is 0 Å². The number of ether oxygens (including phenoxy) is 1. The van der Waals surface area contributed by atoms with Crippen molar-refractivity contribution in [2.45, 2.75) is 32.0 Å². The number of carboxylic acid groups (broad SMARTS) is 1. The third kappa shape index (κ3) is 3.63. The second kappa shape index (κ2) is 6.70. The molecule has 1 aliphatic rings. The number of benzene rings is 1. The molecule has 1 aliphatic heterocycles. The van der Waals surface area contributed by atoms with E-state index < -0.39 is 35.8 Å². The molecule has 1 heterocycles. The number of rotatable bonds is 2. The Labute approximate surface area is 137 Å². The molecule has 1 amide bonds. The summed E-state index contributed by atoms with van der Waals surface area (Å²) in [7, 11) is 1.21. The zero-order valence-electron chi connectivity index (χ0n) is 13.3. The standard InChI is InChI=1S/C16H18F3NO4/c1-9-7-11(16(17,18)19)3-4-12(9)13-8-10(14(21)22)5-6-20(13)15(23)24-2/h3-4,7,10,13H,5-6,8H2,1-2H3,(H,21,22). The highest BCUT2D eigenvalue weighted by atomic mass is 19.4. The van der Waals surface area contributed by atoms with Crippen molar-refractivity contribution in [2.24, 2.45) is 5.92 Å². The zero-order chi connectivity index (χ0) is 18.1. The first-order valence-electron chi connectivity index (χ1n) is 7.40. The van der Waals surface area contributed by atoms with Crippen LogP contribution in [0.15, 0.2) is 18.2 Å². The molecule has 5 nitrogen and oxygen atoms in total. The van der Waals surface area contributed by atoms with Gasteiger partial charge in [0.25, 0.3) is 0 Å².